The molecule has 23 heavy (non-hydrogen) atoms. The average Bonchev–Trinajstić information content (AvgIpc) is 2.96. The first-order chi connectivity index (χ1) is 11.3. The number of halogens is 1. The van der Waals surface area contributed by atoms with Crippen LogP contribution in [0, 0.1) is 3.57 Å². The molecule has 0 amide bonds. The standard InChI is InChI=1S/C19H19IN2O/c20-16-8-6-14(7-9-16)17-18(15-4-2-1-3-5-15)22-23-19(17)10-12-21-13-11-19/h1-9,17,21H,10-13H2. The maximum absolute atomic E-state index is 6.09. The first-order valence-corrected chi connectivity index (χ1v) is 9.14. The van der Waals surface area contributed by atoms with Crippen LogP contribution in [0.2, 0.25) is 0 Å². The van der Waals surface area contributed by atoms with Crippen LogP contribution in [-0.4, -0.2) is 24.4 Å². The van der Waals surface area contributed by atoms with Gasteiger partial charge in [0.05, 0.1) is 11.6 Å². The lowest BCUT2D eigenvalue weighted by Gasteiger charge is -2.37. The lowest BCUT2D eigenvalue weighted by atomic mass is 9.73. The van der Waals surface area contributed by atoms with Gasteiger partial charge in [-0.3, -0.25) is 0 Å². The molecule has 4 heteroatoms. The molecule has 3 nitrogen and oxygen atoms in total. The van der Waals surface area contributed by atoms with Crippen LogP contribution in [0.15, 0.2) is 59.8 Å². The highest BCUT2D eigenvalue weighted by Crippen LogP contribution is 2.45. The van der Waals surface area contributed by atoms with E-state index in [1.165, 1.54) is 9.13 Å². The van der Waals surface area contributed by atoms with Gasteiger partial charge in [0.1, 0.15) is 0 Å². The zero-order valence-corrected chi connectivity index (χ0v) is 15.0. The number of rotatable bonds is 2. The van der Waals surface area contributed by atoms with Crippen molar-refractivity contribution in [3.63, 3.8) is 0 Å². The van der Waals surface area contributed by atoms with E-state index in [0.717, 1.165) is 37.2 Å². The van der Waals surface area contributed by atoms with Crippen LogP contribution < -0.4 is 5.32 Å². The fourth-order valence-electron chi connectivity index (χ4n) is 3.67. The van der Waals surface area contributed by atoms with Crippen LogP contribution in [0.1, 0.15) is 29.9 Å². The van der Waals surface area contributed by atoms with Crippen LogP contribution in [-0.2, 0) is 4.84 Å². The molecule has 0 aromatic heterocycles. The molecule has 1 saturated heterocycles. The summed E-state index contributed by atoms with van der Waals surface area (Å²) in [5.74, 6) is 0.198. The van der Waals surface area contributed by atoms with E-state index in [-0.39, 0.29) is 11.5 Å². The summed E-state index contributed by atoms with van der Waals surface area (Å²) in [6.45, 7) is 1.97. The van der Waals surface area contributed by atoms with Gasteiger partial charge in [0.15, 0.2) is 5.60 Å². The van der Waals surface area contributed by atoms with Crippen LogP contribution in [0.25, 0.3) is 0 Å². The minimum Gasteiger partial charge on any atom is -0.388 e. The number of nitrogens with one attached hydrogen (secondary N) is 1. The number of benzene rings is 2. The summed E-state index contributed by atoms with van der Waals surface area (Å²) in [4.78, 5) is 6.09. The molecule has 1 atom stereocenters. The number of piperidine rings is 1. The zero-order valence-electron chi connectivity index (χ0n) is 12.8. The molecule has 0 bridgehead atoms. The summed E-state index contributed by atoms with van der Waals surface area (Å²) in [5, 5.41) is 7.99. The topological polar surface area (TPSA) is 33.6 Å². The molecule has 1 N–H and O–H groups in total. The van der Waals surface area contributed by atoms with Gasteiger partial charge < -0.3 is 10.2 Å². The molecule has 118 valence electrons. The molecule has 1 spiro atoms. The Balaban J connectivity index is 1.78. The largest absolute Gasteiger partial charge is 0.388 e. The summed E-state index contributed by atoms with van der Waals surface area (Å²) >= 11 is 2.35. The molecule has 2 aromatic carbocycles. The van der Waals surface area contributed by atoms with Crippen LogP contribution in [0.5, 0.6) is 0 Å². The number of oxime groups is 1. The minimum absolute atomic E-state index is 0.198. The summed E-state index contributed by atoms with van der Waals surface area (Å²) in [7, 11) is 0. The molecule has 0 aliphatic carbocycles. The zero-order chi connectivity index (χ0) is 15.7. The van der Waals surface area contributed by atoms with Gasteiger partial charge in [0, 0.05) is 22.0 Å². The van der Waals surface area contributed by atoms with Gasteiger partial charge >= 0.3 is 0 Å². The van der Waals surface area contributed by atoms with Gasteiger partial charge in [0.25, 0.3) is 0 Å². The monoisotopic (exact) mass is 418 g/mol. The third-order valence-electron chi connectivity index (χ3n) is 4.85. The molecule has 0 saturated carbocycles. The molecule has 1 unspecified atom stereocenters. The number of hydrogen-bond acceptors (Lipinski definition) is 3. The van der Waals surface area contributed by atoms with Crippen LogP contribution in [0.3, 0.4) is 0 Å². The Kier molecular flexibility index (Phi) is 4.11. The Bertz CT molecular complexity index is 706. The molecule has 4 rings (SSSR count). The van der Waals surface area contributed by atoms with E-state index >= 15 is 0 Å². The summed E-state index contributed by atoms with van der Waals surface area (Å²) in [6.07, 6.45) is 1.98. The highest BCUT2D eigenvalue weighted by Gasteiger charge is 2.50. The van der Waals surface area contributed by atoms with Crippen molar-refractivity contribution in [3.05, 3.63) is 69.3 Å². The second-order valence-electron chi connectivity index (χ2n) is 6.23. The Morgan fingerprint density at radius 1 is 1.00 bits per heavy atom. The minimum atomic E-state index is -0.205. The molecule has 2 aliphatic heterocycles. The van der Waals surface area contributed by atoms with E-state index in [1.807, 2.05) is 6.07 Å². The van der Waals surface area contributed by atoms with Crippen LogP contribution in [0.4, 0.5) is 0 Å². The van der Waals surface area contributed by atoms with E-state index in [1.54, 1.807) is 0 Å². The van der Waals surface area contributed by atoms with Crippen molar-refractivity contribution < 1.29 is 4.84 Å². The fraction of sp³-hybridized carbons (Fsp3) is 0.316. The summed E-state index contributed by atoms with van der Waals surface area (Å²) in [5.41, 5.74) is 3.32. The molecule has 2 heterocycles. The second kappa shape index (κ2) is 6.24. The normalized spacial score (nSPS) is 22.7. The molecule has 0 radical (unpaired) electrons. The third kappa shape index (κ3) is 2.78. The van der Waals surface area contributed by atoms with Crippen molar-refractivity contribution >= 4 is 28.3 Å². The van der Waals surface area contributed by atoms with Crippen molar-refractivity contribution in [2.24, 2.45) is 5.16 Å². The van der Waals surface area contributed by atoms with E-state index in [9.17, 15) is 0 Å². The third-order valence-corrected chi connectivity index (χ3v) is 5.57. The van der Waals surface area contributed by atoms with Crippen LogP contribution >= 0.6 is 22.6 Å². The fourth-order valence-corrected chi connectivity index (χ4v) is 4.03. The maximum Gasteiger partial charge on any atom is 0.152 e. The smallest absolute Gasteiger partial charge is 0.152 e. The molecular formula is C19H19IN2O. The van der Waals surface area contributed by atoms with Crippen molar-refractivity contribution in [2.75, 3.05) is 13.1 Å². The summed E-state index contributed by atoms with van der Waals surface area (Å²) in [6, 6.07) is 19.2. The van der Waals surface area contributed by atoms with E-state index in [0.29, 0.717) is 0 Å². The molecule has 1 fully saturated rings. The summed E-state index contributed by atoms with van der Waals surface area (Å²) < 4.78 is 1.25. The van der Waals surface area contributed by atoms with E-state index in [4.69, 9.17) is 4.84 Å². The number of nitrogens with zero attached hydrogens (tertiary/aromatic N) is 1. The van der Waals surface area contributed by atoms with Gasteiger partial charge in [-0.2, -0.15) is 0 Å². The predicted molar refractivity (Wildman–Crippen MR) is 101 cm³/mol. The van der Waals surface area contributed by atoms with Gasteiger partial charge in [-0.05, 0) is 53.4 Å². The maximum atomic E-state index is 6.09. The lowest BCUT2D eigenvalue weighted by molar-refractivity contribution is -0.0501. The van der Waals surface area contributed by atoms with Gasteiger partial charge in [0.2, 0.25) is 0 Å². The first-order valence-electron chi connectivity index (χ1n) is 8.06. The highest BCUT2D eigenvalue weighted by molar-refractivity contribution is 14.1. The Morgan fingerprint density at radius 2 is 1.70 bits per heavy atom. The quantitative estimate of drug-likeness (QED) is 0.750. The van der Waals surface area contributed by atoms with Crippen molar-refractivity contribution in [3.8, 4) is 0 Å². The molecular weight excluding hydrogens is 399 g/mol. The van der Waals surface area contributed by atoms with Crippen molar-refractivity contribution in [1.29, 1.82) is 0 Å². The Hall–Kier alpha value is -1.40. The average molecular weight is 418 g/mol. The SMILES string of the molecule is Ic1ccc(C2C(c3ccccc3)=NOC23CCNCC3)cc1. The second-order valence-corrected chi connectivity index (χ2v) is 7.48. The highest BCUT2D eigenvalue weighted by atomic mass is 127. The van der Waals surface area contributed by atoms with E-state index in [2.05, 4.69) is 81.6 Å². The molecule has 2 aromatic rings. The predicted octanol–water partition coefficient (Wildman–Crippen LogP) is 3.93. The Morgan fingerprint density at radius 3 is 2.39 bits per heavy atom. The van der Waals surface area contributed by atoms with E-state index < -0.39 is 0 Å². The first kappa shape index (κ1) is 15.1. The van der Waals surface area contributed by atoms with Gasteiger partial charge in [-0.25, -0.2) is 0 Å². The molecule has 2 aliphatic rings. The van der Waals surface area contributed by atoms with Gasteiger partial charge in [-0.1, -0.05) is 47.6 Å². The Labute approximate surface area is 150 Å². The van der Waals surface area contributed by atoms with Gasteiger partial charge in [-0.15, -0.1) is 0 Å². The van der Waals surface area contributed by atoms with Crippen molar-refractivity contribution in [2.45, 2.75) is 24.4 Å². The lowest BCUT2D eigenvalue weighted by Crippen LogP contribution is -2.46. The van der Waals surface area contributed by atoms with Crippen molar-refractivity contribution in [1.82, 2.24) is 5.32 Å². The number of hydrogen-bond donors (Lipinski definition) is 1.